The maximum absolute atomic E-state index is 11.9. The highest BCUT2D eigenvalue weighted by Gasteiger charge is 2.23. The van der Waals surface area contributed by atoms with E-state index < -0.39 is 0 Å². The van der Waals surface area contributed by atoms with Gasteiger partial charge < -0.3 is 15.4 Å². The van der Waals surface area contributed by atoms with E-state index in [9.17, 15) is 4.79 Å². The SMILES string of the molecule is CCOCCN1CCN(C(=O)[C@@H](N)CC)CC1. The van der Waals surface area contributed by atoms with Crippen LogP contribution < -0.4 is 5.73 Å². The molecule has 0 aromatic carbocycles. The van der Waals surface area contributed by atoms with Gasteiger partial charge in [-0.05, 0) is 13.3 Å². The van der Waals surface area contributed by atoms with E-state index in [2.05, 4.69) is 4.90 Å². The lowest BCUT2D eigenvalue weighted by Crippen LogP contribution is -2.53. The van der Waals surface area contributed by atoms with Crippen molar-refractivity contribution in [2.24, 2.45) is 5.73 Å². The average molecular weight is 243 g/mol. The molecule has 1 fully saturated rings. The molecule has 1 aliphatic rings. The number of carbonyl (C=O) groups is 1. The van der Waals surface area contributed by atoms with E-state index in [0.717, 1.165) is 45.9 Å². The fourth-order valence-corrected chi connectivity index (χ4v) is 1.94. The molecule has 0 spiro atoms. The molecule has 1 heterocycles. The summed E-state index contributed by atoms with van der Waals surface area (Å²) in [6.07, 6.45) is 0.712. The Labute approximate surface area is 104 Å². The highest BCUT2D eigenvalue weighted by molar-refractivity contribution is 5.81. The summed E-state index contributed by atoms with van der Waals surface area (Å²) in [5.74, 6) is 0.0944. The van der Waals surface area contributed by atoms with Crippen molar-refractivity contribution in [1.82, 2.24) is 9.80 Å². The Balaban J connectivity index is 2.23. The van der Waals surface area contributed by atoms with E-state index in [1.54, 1.807) is 0 Å². The minimum Gasteiger partial charge on any atom is -0.380 e. The first-order valence-corrected chi connectivity index (χ1v) is 6.53. The van der Waals surface area contributed by atoms with Crippen molar-refractivity contribution in [2.75, 3.05) is 45.9 Å². The fourth-order valence-electron chi connectivity index (χ4n) is 1.94. The molecule has 0 aromatic heterocycles. The monoisotopic (exact) mass is 243 g/mol. The first kappa shape index (κ1) is 14.4. The third kappa shape index (κ3) is 4.61. The molecule has 0 saturated carbocycles. The molecular formula is C12H25N3O2. The minimum absolute atomic E-state index is 0.0944. The molecule has 5 heteroatoms. The summed E-state index contributed by atoms with van der Waals surface area (Å²) in [6, 6.07) is -0.329. The van der Waals surface area contributed by atoms with Crippen LogP contribution in [-0.2, 0) is 9.53 Å². The lowest BCUT2D eigenvalue weighted by atomic mass is 10.2. The normalized spacial score (nSPS) is 19.4. The van der Waals surface area contributed by atoms with Gasteiger partial charge in [0.2, 0.25) is 5.91 Å². The number of nitrogens with zero attached hydrogens (tertiary/aromatic N) is 2. The van der Waals surface area contributed by atoms with Gasteiger partial charge in [-0.15, -0.1) is 0 Å². The number of nitrogens with two attached hydrogens (primary N) is 1. The van der Waals surface area contributed by atoms with E-state index in [-0.39, 0.29) is 11.9 Å². The van der Waals surface area contributed by atoms with Gasteiger partial charge in [-0.25, -0.2) is 0 Å². The highest BCUT2D eigenvalue weighted by atomic mass is 16.5. The van der Waals surface area contributed by atoms with Crippen molar-refractivity contribution in [3.8, 4) is 0 Å². The van der Waals surface area contributed by atoms with Crippen LogP contribution in [0.25, 0.3) is 0 Å². The lowest BCUT2D eigenvalue weighted by molar-refractivity contribution is -0.134. The molecule has 100 valence electrons. The number of amides is 1. The molecule has 2 N–H and O–H groups in total. The van der Waals surface area contributed by atoms with Crippen molar-refractivity contribution in [3.05, 3.63) is 0 Å². The van der Waals surface area contributed by atoms with Gasteiger partial charge in [0, 0.05) is 39.3 Å². The number of piperazine rings is 1. The Hall–Kier alpha value is -0.650. The van der Waals surface area contributed by atoms with Crippen LogP contribution in [0.2, 0.25) is 0 Å². The van der Waals surface area contributed by atoms with Gasteiger partial charge in [-0.2, -0.15) is 0 Å². The Morgan fingerprint density at radius 1 is 1.29 bits per heavy atom. The number of carbonyl (C=O) groups excluding carboxylic acids is 1. The average Bonchev–Trinajstić information content (AvgIpc) is 2.38. The standard InChI is InChI=1S/C12H25N3O2/c1-3-11(13)12(16)15-7-5-14(6-8-15)9-10-17-4-2/h11H,3-10,13H2,1-2H3/t11-/m0/s1. The van der Waals surface area contributed by atoms with E-state index in [1.807, 2.05) is 18.7 Å². The van der Waals surface area contributed by atoms with Crippen molar-refractivity contribution >= 4 is 5.91 Å². The summed E-state index contributed by atoms with van der Waals surface area (Å²) in [6.45, 7) is 9.88. The topological polar surface area (TPSA) is 58.8 Å². The van der Waals surface area contributed by atoms with Gasteiger partial charge in [0.25, 0.3) is 0 Å². The van der Waals surface area contributed by atoms with Gasteiger partial charge in [0.15, 0.2) is 0 Å². The molecule has 0 radical (unpaired) electrons. The fraction of sp³-hybridized carbons (Fsp3) is 0.917. The van der Waals surface area contributed by atoms with E-state index in [4.69, 9.17) is 10.5 Å². The number of hydrogen-bond acceptors (Lipinski definition) is 4. The molecule has 17 heavy (non-hydrogen) atoms. The summed E-state index contributed by atoms with van der Waals surface area (Å²) >= 11 is 0. The molecule has 5 nitrogen and oxygen atoms in total. The molecule has 1 atom stereocenters. The first-order valence-electron chi connectivity index (χ1n) is 6.53. The van der Waals surface area contributed by atoms with Crippen LogP contribution in [0.15, 0.2) is 0 Å². The summed E-state index contributed by atoms with van der Waals surface area (Å²) in [4.78, 5) is 16.1. The zero-order valence-electron chi connectivity index (χ0n) is 11.0. The van der Waals surface area contributed by atoms with Crippen molar-refractivity contribution in [1.29, 1.82) is 0 Å². The summed E-state index contributed by atoms with van der Waals surface area (Å²) < 4.78 is 5.32. The summed E-state index contributed by atoms with van der Waals surface area (Å²) in [5.41, 5.74) is 5.76. The quantitative estimate of drug-likeness (QED) is 0.662. The van der Waals surface area contributed by atoms with Crippen molar-refractivity contribution in [2.45, 2.75) is 26.3 Å². The third-order valence-electron chi connectivity index (χ3n) is 3.20. The van der Waals surface area contributed by atoms with Crippen LogP contribution in [-0.4, -0.2) is 67.7 Å². The largest absolute Gasteiger partial charge is 0.380 e. The maximum atomic E-state index is 11.9. The van der Waals surface area contributed by atoms with Gasteiger partial charge >= 0.3 is 0 Å². The Bertz CT molecular complexity index is 228. The number of ether oxygens (including phenoxy) is 1. The molecule has 0 unspecified atom stereocenters. The summed E-state index contributed by atoms with van der Waals surface area (Å²) in [5, 5.41) is 0. The second-order valence-electron chi connectivity index (χ2n) is 4.38. The van der Waals surface area contributed by atoms with E-state index in [0.29, 0.717) is 6.42 Å². The number of hydrogen-bond donors (Lipinski definition) is 1. The molecule has 0 aromatic rings. The van der Waals surface area contributed by atoms with E-state index >= 15 is 0 Å². The summed E-state index contributed by atoms with van der Waals surface area (Å²) in [7, 11) is 0. The first-order chi connectivity index (χ1) is 8.19. The highest BCUT2D eigenvalue weighted by Crippen LogP contribution is 2.04. The van der Waals surface area contributed by atoms with Gasteiger partial charge in [-0.1, -0.05) is 6.92 Å². The zero-order valence-corrected chi connectivity index (χ0v) is 11.0. The van der Waals surface area contributed by atoms with Crippen LogP contribution in [0.1, 0.15) is 20.3 Å². The molecule has 0 aliphatic carbocycles. The Morgan fingerprint density at radius 2 is 1.94 bits per heavy atom. The Morgan fingerprint density at radius 3 is 2.47 bits per heavy atom. The molecule has 1 saturated heterocycles. The zero-order chi connectivity index (χ0) is 12.7. The lowest BCUT2D eigenvalue weighted by Gasteiger charge is -2.35. The van der Waals surface area contributed by atoms with Crippen LogP contribution in [0.5, 0.6) is 0 Å². The van der Waals surface area contributed by atoms with Gasteiger partial charge in [0.1, 0.15) is 0 Å². The third-order valence-corrected chi connectivity index (χ3v) is 3.20. The van der Waals surface area contributed by atoms with Crippen LogP contribution >= 0.6 is 0 Å². The van der Waals surface area contributed by atoms with Crippen LogP contribution in [0.4, 0.5) is 0 Å². The minimum atomic E-state index is -0.329. The molecule has 0 bridgehead atoms. The van der Waals surface area contributed by atoms with Gasteiger partial charge in [-0.3, -0.25) is 9.69 Å². The second kappa shape index (κ2) is 7.63. The maximum Gasteiger partial charge on any atom is 0.239 e. The molecule has 1 rings (SSSR count). The molecule has 1 amide bonds. The second-order valence-corrected chi connectivity index (χ2v) is 4.38. The van der Waals surface area contributed by atoms with Crippen LogP contribution in [0, 0.1) is 0 Å². The predicted molar refractivity (Wildman–Crippen MR) is 67.8 cm³/mol. The number of rotatable bonds is 6. The molecular weight excluding hydrogens is 218 g/mol. The Kier molecular flexibility index (Phi) is 6.47. The van der Waals surface area contributed by atoms with E-state index in [1.165, 1.54) is 0 Å². The van der Waals surface area contributed by atoms with Crippen molar-refractivity contribution < 1.29 is 9.53 Å². The van der Waals surface area contributed by atoms with Gasteiger partial charge in [0.05, 0.1) is 12.6 Å². The van der Waals surface area contributed by atoms with Crippen LogP contribution in [0.3, 0.4) is 0 Å². The predicted octanol–water partition coefficient (Wildman–Crippen LogP) is -0.0956. The van der Waals surface area contributed by atoms with Crippen molar-refractivity contribution in [3.63, 3.8) is 0 Å². The molecule has 1 aliphatic heterocycles. The smallest absolute Gasteiger partial charge is 0.239 e.